The average molecular weight is 387 g/mol. The van der Waals surface area contributed by atoms with Gasteiger partial charge in [0.15, 0.2) is 0 Å². The molecule has 29 heavy (non-hydrogen) atoms. The number of nitrogens with one attached hydrogen (secondary N) is 1. The standard InChI is InChI=1S/C24H25N3O2/c1-2-16-10-12-18(13-11-16)23-20-21(17-7-4-3-5-8-17)25-26-22(20)24(28)27(23)15-19-9-6-14-29-19/h3-5,7-8,10-13,19,23H,2,6,9,14-15H2,1H3,(H,25,26). The van der Waals surface area contributed by atoms with Crippen LogP contribution < -0.4 is 0 Å². The third kappa shape index (κ3) is 3.15. The van der Waals surface area contributed by atoms with Gasteiger partial charge in [-0.05, 0) is 30.4 Å². The summed E-state index contributed by atoms with van der Waals surface area (Å²) in [4.78, 5) is 15.3. The number of H-pyrrole nitrogens is 1. The van der Waals surface area contributed by atoms with Crippen molar-refractivity contribution in [3.63, 3.8) is 0 Å². The molecule has 1 saturated heterocycles. The molecule has 0 radical (unpaired) electrons. The van der Waals surface area contributed by atoms with Crippen LogP contribution in [0.4, 0.5) is 0 Å². The van der Waals surface area contributed by atoms with Crippen LogP contribution >= 0.6 is 0 Å². The summed E-state index contributed by atoms with van der Waals surface area (Å²) in [7, 11) is 0. The van der Waals surface area contributed by atoms with Crippen LogP contribution in [0.25, 0.3) is 11.3 Å². The van der Waals surface area contributed by atoms with Gasteiger partial charge >= 0.3 is 0 Å². The first-order valence-electron chi connectivity index (χ1n) is 10.4. The maximum absolute atomic E-state index is 13.3. The molecule has 0 spiro atoms. The highest BCUT2D eigenvalue weighted by molar-refractivity contribution is 6.00. The second-order valence-electron chi connectivity index (χ2n) is 7.82. The summed E-state index contributed by atoms with van der Waals surface area (Å²) in [5.41, 5.74) is 5.86. The Morgan fingerprint density at radius 1 is 1.14 bits per heavy atom. The number of rotatable bonds is 5. The van der Waals surface area contributed by atoms with Gasteiger partial charge in [-0.15, -0.1) is 0 Å². The zero-order valence-corrected chi connectivity index (χ0v) is 16.6. The highest BCUT2D eigenvalue weighted by Crippen LogP contribution is 2.43. The lowest BCUT2D eigenvalue weighted by Gasteiger charge is -2.28. The van der Waals surface area contributed by atoms with E-state index in [1.807, 2.05) is 35.2 Å². The van der Waals surface area contributed by atoms with Crippen molar-refractivity contribution in [2.24, 2.45) is 0 Å². The number of carbonyl (C=O) groups is 1. The molecule has 1 N–H and O–H groups in total. The number of benzene rings is 2. The van der Waals surface area contributed by atoms with Gasteiger partial charge in [-0.3, -0.25) is 9.89 Å². The minimum atomic E-state index is -0.151. The Hall–Kier alpha value is -2.92. The number of ether oxygens (including phenoxy) is 1. The fraction of sp³-hybridized carbons (Fsp3) is 0.333. The molecule has 2 atom stereocenters. The van der Waals surface area contributed by atoms with E-state index in [1.54, 1.807) is 0 Å². The van der Waals surface area contributed by atoms with Crippen molar-refractivity contribution in [3.8, 4) is 11.3 Å². The minimum Gasteiger partial charge on any atom is -0.376 e. The lowest BCUT2D eigenvalue weighted by atomic mass is 9.95. The van der Waals surface area contributed by atoms with E-state index in [-0.39, 0.29) is 18.1 Å². The highest BCUT2D eigenvalue weighted by atomic mass is 16.5. The van der Waals surface area contributed by atoms with Crippen molar-refractivity contribution in [1.82, 2.24) is 15.1 Å². The molecule has 1 fully saturated rings. The number of aromatic nitrogens is 2. The third-order valence-corrected chi connectivity index (χ3v) is 6.04. The van der Waals surface area contributed by atoms with E-state index in [0.717, 1.165) is 48.3 Å². The highest BCUT2D eigenvalue weighted by Gasteiger charge is 2.43. The van der Waals surface area contributed by atoms with Crippen LogP contribution in [0.2, 0.25) is 0 Å². The summed E-state index contributed by atoms with van der Waals surface area (Å²) >= 11 is 0. The smallest absolute Gasteiger partial charge is 0.273 e. The lowest BCUT2D eigenvalue weighted by molar-refractivity contribution is 0.0495. The summed E-state index contributed by atoms with van der Waals surface area (Å²) < 4.78 is 5.85. The molecule has 3 heterocycles. The van der Waals surface area contributed by atoms with E-state index in [2.05, 4.69) is 41.4 Å². The predicted molar refractivity (Wildman–Crippen MR) is 112 cm³/mol. The second-order valence-corrected chi connectivity index (χ2v) is 7.82. The summed E-state index contributed by atoms with van der Waals surface area (Å²) in [5.74, 6) is 0.00903. The second kappa shape index (κ2) is 7.48. The first kappa shape index (κ1) is 18.1. The molecule has 2 aliphatic rings. The Balaban J connectivity index is 1.60. The van der Waals surface area contributed by atoms with Gasteiger partial charge in [0.2, 0.25) is 0 Å². The number of hydrogen-bond donors (Lipinski definition) is 1. The maximum atomic E-state index is 13.3. The van der Waals surface area contributed by atoms with Crippen LogP contribution in [-0.4, -0.2) is 40.3 Å². The molecule has 5 heteroatoms. The predicted octanol–water partition coefficient (Wildman–Crippen LogP) is 4.36. The van der Waals surface area contributed by atoms with Gasteiger partial charge in [-0.1, -0.05) is 61.5 Å². The zero-order chi connectivity index (χ0) is 19.8. The Morgan fingerprint density at radius 2 is 1.93 bits per heavy atom. The number of aryl methyl sites for hydroxylation is 1. The molecule has 5 nitrogen and oxygen atoms in total. The number of nitrogens with zero attached hydrogens (tertiary/aromatic N) is 2. The number of fused-ring (bicyclic) bond motifs is 1. The Morgan fingerprint density at radius 3 is 2.62 bits per heavy atom. The molecule has 1 amide bonds. The summed E-state index contributed by atoms with van der Waals surface area (Å²) in [5, 5.41) is 7.56. The molecule has 0 aliphatic carbocycles. The summed E-state index contributed by atoms with van der Waals surface area (Å²) in [6, 6.07) is 18.5. The van der Waals surface area contributed by atoms with E-state index in [1.165, 1.54) is 5.56 Å². The normalized spacial score (nSPS) is 21.0. The van der Waals surface area contributed by atoms with E-state index in [9.17, 15) is 4.79 Å². The van der Waals surface area contributed by atoms with Crippen molar-refractivity contribution >= 4 is 5.91 Å². The van der Waals surface area contributed by atoms with Gasteiger partial charge in [-0.2, -0.15) is 5.10 Å². The maximum Gasteiger partial charge on any atom is 0.273 e. The molecule has 3 aromatic rings. The SMILES string of the molecule is CCc1ccc(C2c3c(-c4ccccc4)n[nH]c3C(=O)N2CC2CCCO2)cc1. The van der Waals surface area contributed by atoms with Crippen molar-refractivity contribution in [3.05, 3.63) is 77.0 Å². The number of carbonyl (C=O) groups excluding carboxylic acids is 1. The van der Waals surface area contributed by atoms with Crippen molar-refractivity contribution < 1.29 is 9.53 Å². The van der Waals surface area contributed by atoms with Crippen LogP contribution in [0.3, 0.4) is 0 Å². The van der Waals surface area contributed by atoms with Crippen molar-refractivity contribution in [2.45, 2.75) is 38.3 Å². The molecule has 2 unspecified atom stereocenters. The first-order chi connectivity index (χ1) is 14.3. The van der Waals surface area contributed by atoms with Crippen LogP contribution in [0.5, 0.6) is 0 Å². The average Bonchev–Trinajstić information content (AvgIpc) is 3.49. The third-order valence-electron chi connectivity index (χ3n) is 6.04. The van der Waals surface area contributed by atoms with Crippen LogP contribution in [0.1, 0.15) is 53.0 Å². The van der Waals surface area contributed by atoms with Gasteiger partial charge in [-0.25, -0.2) is 0 Å². The first-order valence-corrected chi connectivity index (χ1v) is 10.4. The fourth-order valence-electron chi connectivity index (χ4n) is 4.49. The Kier molecular flexibility index (Phi) is 4.68. The van der Waals surface area contributed by atoms with Crippen molar-refractivity contribution in [2.75, 3.05) is 13.2 Å². The van der Waals surface area contributed by atoms with Crippen LogP contribution in [0, 0.1) is 0 Å². The largest absolute Gasteiger partial charge is 0.376 e. The molecule has 0 saturated carbocycles. The lowest BCUT2D eigenvalue weighted by Crippen LogP contribution is -2.36. The van der Waals surface area contributed by atoms with Gasteiger partial charge in [0.05, 0.1) is 17.8 Å². The number of amides is 1. The molecule has 148 valence electrons. The summed E-state index contributed by atoms with van der Waals surface area (Å²) in [6.45, 7) is 3.54. The molecule has 0 bridgehead atoms. The molecule has 1 aromatic heterocycles. The molecule has 2 aliphatic heterocycles. The quantitative estimate of drug-likeness (QED) is 0.707. The van der Waals surface area contributed by atoms with Gasteiger partial charge in [0, 0.05) is 24.3 Å². The summed E-state index contributed by atoms with van der Waals surface area (Å²) in [6.07, 6.45) is 3.16. The number of aromatic amines is 1. The van der Waals surface area contributed by atoms with Gasteiger partial charge < -0.3 is 9.64 Å². The van der Waals surface area contributed by atoms with Gasteiger partial charge in [0.1, 0.15) is 5.69 Å². The monoisotopic (exact) mass is 387 g/mol. The molecule has 5 rings (SSSR count). The topological polar surface area (TPSA) is 58.2 Å². The van der Waals surface area contributed by atoms with E-state index >= 15 is 0 Å². The Labute approximate surface area is 170 Å². The zero-order valence-electron chi connectivity index (χ0n) is 16.6. The van der Waals surface area contributed by atoms with Gasteiger partial charge in [0.25, 0.3) is 5.91 Å². The van der Waals surface area contributed by atoms with E-state index in [0.29, 0.717) is 12.2 Å². The minimum absolute atomic E-state index is 0.00903. The van der Waals surface area contributed by atoms with E-state index in [4.69, 9.17) is 4.74 Å². The molecular formula is C24H25N3O2. The van der Waals surface area contributed by atoms with Crippen molar-refractivity contribution in [1.29, 1.82) is 0 Å². The Bertz CT molecular complexity index is 1000. The molecular weight excluding hydrogens is 362 g/mol. The molecule has 2 aromatic carbocycles. The van der Waals surface area contributed by atoms with E-state index < -0.39 is 0 Å². The fourth-order valence-corrected chi connectivity index (χ4v) is 4.49. The van der Waals surface area contributed by atoms with Crippen LogP contribution in [0.15, 0.2) is 54.6 Å². The van der Waals surface area contributed by atoms with Crippen LogP contribution in [-0.2, 0) is 11.2 Å². The number of hydrogen-bond acceptors (Lipinski definition) is 3.